The van der Waals surface area contributed by atoms with Crippen molar-refractivity contribution in [2.24, 2.45) is 16.1 Å². The van der Waals surface area contributed by atoms with Gasteiger partial charge in [-0.3, -0.25) is 4.79 Å². The molecule has 1 saturated heterocycles. The minimum Gasteiger partial charge on any atom is -0.437 e. The van der Waals surface area contributed by atoms with E-state index >= 15 is 0 Å². The third-order valence-electron chi connectivity index (χ3n) is 5.54. The largest absolute Gasteiger partial charge is 0.437 e. The van der Waals surface area contributed by atoms with Crippen LogP contribution in [0, 0.1) is 16.7 Å². The quantitative estimate of drug-likeness (QED) is 0.325. The summed E-state index contributed by atoms with van der Waals surface area (Å²) in [4.78, 5) is 24.5. The molecule has 0 saturated carbocycles. The number of nitrogens with zero attached hydrogens (tertiary/aromatic N) is 3. The Labute approximate surface area is 191 Å². The number of nitriles is 1. The third kappa shape index (κ3) is 4.54. The Bertz CT molecular complexity index is 1240. The Morgan fingerprint density at radius 1 is 1.24 bits per heavy atom. The molecule has 0 bridgehead atoms. The van der Waals surface area contributed by atoms with Gasteiger partial charge < -0.3 is 20.2 Å². The monoisotopic (exact) mass is 441 g/mol. The van der Waals surface area contributed by atoms with Gasteiger partial charge in [-0.15, -0.1) is 0 Å². The van der Waals surface area contributed by atoms with Crippen molar-refractivity contribution in [2.75, 3.05) is 13.2 Å². The third-order valence-corrected chi connectivity index (χ3v) is 5.54. The minimum atomic E-state index is -0.913. The summed E-state index contributed by atoms with van der Waals surface area (Å²) in [5, 5.41) is 9.82. The summed E-state index contributed by atoms with van der Waals surface area (Å²) in [7, 11) is 0. The van der Waals surface area contributed by atoms with Crippen LogP contribution in [0.3, 0.4) is 0 Å². The maximum atomic E-state index is 12.8. The molecular formula is C25H23N5O3. The van der Waals surface area contributed by atoms with E-state index in [-0.39, 0.29) is 23.2 Å². The highest BCUT2D eigenvalue weighted by molar-refractivity contribution is 6.08. The summed E-state index contributed by atoms with van der Waals surface area (Å²) in [5.41, 5.74) is 7.69. The van der Waals surface area contributed by atoms with Gasteiger partial charge in [-0.05, 0) is 49.2 Å². The van der Waals surface area contributed by atoms with Crippen LogP contribution in [-0.2, 0) is 4.74 Å². The molecule has 1 fully saturated rings. The number of hydrogen-bond donors (Lipinski definition) is 2. The molecule has 0 amide bonds. The fraction of sp³-hybridized carbons (Fsp3) is 0.200. The van der Waals surface area contributed by atoms with E-state index in [2.05, 4.69) is 27.6 Å². The van der Waals surface area contributed by atoms with Crippen LogP contribution >= 0.6 is 0 Å². The smallest absolute Gasteiger partial charge is 0.239 e. The van der Waals surface area contributed by atoms with E-state index in [0.29, 0.717) is 37.4 Å². The number of nitrogens with two attached hydrogens (primary N) is 1. The summed E-state index contributed by atoms with van der Waals surface area (Å²) >= 11 is 0. The predicted molar refractivity (Wildman–Crippen MR) is 125 cm³/mol. The maximum Gasteiger partial charge on any atom is 0.239 e. The van der Waals surface area contributed by atoms with Crippen molar-refractivity contribution in [3.63, 3.8) is 0 Å². The van der Waals surface area contributed by atoms with E-state index in [0.717, 1.165) is 11.0 Å². The van der Waals surface area contributed by atoms with Crippen molar-refractivity contribution in [1.29, 1.82) is 5.26 Å². The fourth-order valence-electron chi connectivity index (χ4n) is 3.62. The lowest BCUT2D eigenvalue weighted by molar-refractivity contribution is 0.0521. The Morgan fingerprint density at radius 2 is 1.97 bits per heavy atom. The van der Waals surface area contributed by atoms with Crippen molar-refractivity contribution < 1.29 is 14.3 Å². The summed E-state index contributed by atoms with van der Waals surface area (Å²) < 4.78 is 11.3. The zero-order valence-corrected chi connectivity index (χ0v) is 18.0. The lowest BCUT2D eigenvalue weighted by atomic mass is 9.79. The van der Waals surface area contributed by atoms with Crippen molar-refractivity contribution in [3.05, 3.63) is 84.2 Å². The summed E-state index contributed by atoms with van der Waals surface area (Å²) in [6, 6.07) is 16.4. The summed E-state index contributed by atoms with van der Waals surface area (Å²) in [5.74, 6) is 0.578. The first-order valence-corrected chi connectivity index (χ1v) is 10.5. The van der Waals surface area contributed by atoms with Gasteiger partial charge in [0.2, 0.25) is 11.7 Å². The number of rotatable bonds is 7. The summed E-state index contributed by atoms with van der Waals surface area (Å²) in [6.07, 6.45) is 3.86. The van der Waals surface area contributed by atoms with Crippen LogP contribution in [0.1, 0.15) is 29.0 Å². The number of ether oxygens (including phenoxy) is 2. The molecule has 0 spiro atoms. The second-order valence-electron chi connectivity index (χ2n) is 7.60. The molecule has 33 heavy (non-hydrogen) atoms. The van der Waals surface area contributed by atoms with Gasteiger partial charge in [0.15, 0.2) is 5.82 Å². The van der Waals surface area contributed by atoms with E-state index in [9.17, 15) is 10.1 Å². The number of hydrogen-bond acceptors (Lipinski definition) is 7. The van der Waals surface area contributed by atoms with E-state index in [1.54, 1.807) is 24.3 Å². The van der Waals surface area contributed by atoms with Gasteiger partial charge >= 0.3 is 0 Å². The van der Waals surface area contributed by atoms with Crippen LogP contribution in [0.2, 0.25) is 0 Å². The van der Waals surface area contributed by atoms with Gasteiger partial charge in [-0.1, -0.05) is 24.8 Å². The zero-order valence-electron chi connectivity index (χ0n) is 18.0. The minimum absolute atomic E-state index is 0.120. The molecule has 8 heteroatoms. The predicted octanol–water partition coefficient (Wildman–Crippen LogP) is 3.88. The van der Waals surface area contributed by atoms with E-state index in [1.165, 1.54) is 12.3 Å². The highest BCUT2D eigenvalue weighted by Crippen LogP contribution is 2.37. The van der Waals surface area contributed by atoms with Crippen molar-refractivity contribution >= 4 is 23.0 Å². The van der Waals surface area contributed by atoms with Gasteiger partial charge in [0, 0.05) is 25.0 Å². The molecule has 0 aliphatic carbocycles. The molecule has 1 aliphatic heterocycles. The Morgan fingerprint density at radius 3 is 2.64 bits per heavy atom. The van der Waals surface area contributed by atoms with Crippen LogP contribution in [0.5, 0.6) is 5.75 Å². The number of aliphatic imine (C=N–C) groups is 1. The van der Waals surface area contributed by atoms with Crippen LogP contribution in [0.15, 0.2) is 77.8 Å². The average Bonchev–Trinajstić information content (AvgIpc) is 3.31. The van der Waals surface area contributed by atoms with E-state index in [1.807, 2.05) is 24.3 Å². The molecule has 2 aromatic carbocycles. The maximum absolute atomic E-state index is 12.8. The molecule has 8 nitrogen and oxygen atoms in total. The van der Waals surface area contributed by atoms with E-state index in [4.69, 9.17) is 15.2 Å². The van der Waals surface area contributed by atoms with Gasteiger partial charge in [0.25, 0.3) is 0 Å². The number of nitrogens with one attached hydrogen (secondary N) is 1. The number of imidazole rings is 1. The lowest BCUT2D eigenvalue weighted by Crippen LogP contribution is -2.35. The lowest BCUT2D eigenvalue weighted by Gasteiger charge is -2.31. The van der Waals surface area contributed by atoms with Crippen LogP contribution in [0.25, 0.3) is 11.0 Å². The van der Waals surface area contributed by atoms with Crippen molar-refractivity contribution in [1.82, 2.24) is 9.97 Å². The molecule has 166 valence electrons. The number of aromatic nitrogens is 2. The molecule has 1 aromatic heterocycles. The summed E-state index contributed by atoms with van der Waals surface area (Å²) in [6.45, 7) is 4.50. The molecule has 0 unspecified atom stereocenters. The highest BCUT2D eigenvalue weighted by atomic mass is 16.5. The first-order chi connectivity index (χ1) is 16.1. The average molecular weight is 441 g/mol. The number of aromatic amines is 1. The number of carbonyl (C=O) groups excluding carboxylic acids is 1. The zero-order chi connectivity index (χ0) is 23.3. The van der Waals surface area contributed by atoms with Crippen LogP contribution in [0.4, 0.5) is 0 Å². The van der Waals surface area contributed by atoms with Gasteiger partial charge in [-0.25, -0.2) is 9.98 Å². The van der Waals surface area contributed by atoms with Crippen molar-refractivity contribution in [2.45, 2.75) is 12.8 Å². The highest BCUT2D eigenvalue weighted by Gasteiger charge is 2.38. The number of para-hydroxylation sites is 2. The Balaban J connectivity index is 1.59. The molecule has 0 radical (unpaired) electrons. The van der Waals surface area contributed by atoms with E-state index < -0.39 is 5.41 Å². The Hall–Kier alpha value is -4.22. The molecule has 3 aromatic rings. The molecule has 4 rings (SSSR count). The number of carbonyl (C=O) groups is 1. The van der Waals surface area contributed by atoms with Crippen LogP contribution < -0.4 is 10.5 Å². The first kappa shape index (κ1) is 22.0. The number of fused-ring (bicyclic) bond motifs is 1. The van der Waals surface area contributed by atoms with Crippen LogP contribution in [-0.4, -0.2) is 35.2 Å². The molecule has 1 aliphatic rings. The van der Waals surface area contributed by atoms with Gasteiger partial charge in [0.05, 0.1) is 22.8 Å². The normalized spacial score (nSPS) is 16.2. The second-order valence-corrected chi connectivity index (χ2v) is 7.60. The SMILES string of the molecule is C=C/C=N\C(Oc1ccc(C(=O)c2nc3ccccc3[nH]2)cc1)=C(/N)C1(C#N)CCOCC1. The molecular weight excluding hydrogens is 418 g/mol. The number of benzene rings is 2. The molecule has 3 N–H and O–H groups in total. The fourth-order valence-corrected chi connectivity index (χ4v) is 3.62. The number of allylic oxidation sites excluding steroid dienone is 2. The van der Waals surface area contributed by atoms with Crippen molar-refractivity contribution in [3.8, 4) is 11.8 Å². The number of H-pyrrole nitrogens is 1. The Kier molecular flexibility index (Phi) is 6.33. The molecule has 2 heterocycles. The second kappa shape index (κ2) is 9.51. The van der Waals surface area contributed by atoms with Gasteiger partial charge in [0.1, 0.15) is 11.2 Å². The van der Waals surface area contributed by atoms with Gasteiger partial charge in [-0.2, -0.15) is 5.26 Å². The molecule has 0 atom stereocenters. The topological polar surface area (TPSA) is 126 Å². The standard InChI is InChI=1S/C25H23N5O3/c1-2-13-28-24(22(27)25(16-26)11-14-32-15-12-25)33-18-9-7-17(8-10-18)21(31)23-29-19-5-3-4-6-20(19)30-23/h2-10,13H,1,11-12,14-15,27H2,(H,29,30)/b24-22+,28-13-. The number of ketones is 1. The first-order valence-electron chi connectivity index (χ1n) is 10.5.